The van der Waals surface area contributed by atoms with Crippen molar-refractivity contribution in [1.82, 2.24) is 0 Å². The molecule has 0 fully saturated rings. The van der Waals surface area contributed by atoms with Gasteiger partial charge in [-0.3, -0.25) is 0 Å². The van der Waals surface area contributed by atoms with Crippen LogP contribution in [-0.2, 0) is 33.1 Å². The summed E-state index contributed by atoms with van der Waals surface area (Å²) in [4.78, 5) is 9.92. The van der Waals surface area contributed by atoms with E-state index in [1.807, 2.05) is 0 Å². The van der Waals surface area contributed by atoms with E-state index < -0.39 is 25.5 Å². The monoisotopic (exact) mass is 177 g/mol. The van der Waals surface area contributed by atoms with E-state index >= 15 is 0 Å². The molecule has 0 heterocycles. The first-order chi connectivity index (χ1) is 3.95. The molecule has 0 saturated heterocycles. The topological polar surface area (TPSA) is 104 Å². The summed E-state index contributed by atoms with van der Waals surface area (Å²) in [7, 11) is 0. The predicted octanol–water partition coefficient (Wildman–Crippen LogP) is -1.41. The SMILES string of the molecule is NCC(=O)[O][Mn](=[O])(=[O])=[O]. The van der Waals surface area contributed by atoms with Crippen molar-refractivity contribution >= 4 is 5.97 Å². The molecule has 54 valence electrons. The van der Waals surface area contributed by atoms with E-state index in [0.29, 0.717) is 0 Å². The molecule has 0 atom stereocenters. The van der Waals surface area contributed by atoms with E-state index in [-0.39, 0.29) is 0 Å². The maximum atomic E-state index is 9.92. The van der Waals surface area contributed by atoms with Crippen molar-refractivity contribution in [3.05, 3.63) is 0 Å². The normalized spacial score (nSPS) is 10.8. The van der Waals surface area contributed by atoms with E-state index in [1.165, 1.54) is 0 Å². The van der Waals surface area contributed by atoms with Crippen molar-refractivity contribution in [2.24, 2.45) is 5.73 Å². The Kier molecular flexibility index (Phi) is 2.57. The number of hydrogen-bond donors (Lipinski definition) is 1. The summed E-state index contributed by atoms with van der Waals surface area (Å²) >= 11 is -5.44. The van der Waals surface area contributed by atoms with Gasteiger partial charge in [0.15, 0.2) is 0 Å². The second kappa shape index (κ2) is 2.77. The Labute approximate surface area is 52.1 Å². The number of hydrogen-bond acceptors (Lipinski definition) is 6. The van der Waals surface area contributed by atoms with Crippen LogP contribution in [0.25, 0.3) is 0 Å². The summed E-state index contributed by atoms with van der Waals surface area (Å²) in [5.74, 6) is -1.23. The van der Waals surface area contributed by atoms with Crippen LogP contribution in [0.15, 0.2) is 0 Å². The molecule has 0 spiro atoms. The van der Waals surface area contributed by atoms with Crippen LogP contribution in [-0.4, -0.2) is 12.5 Å². The number of nitrogens with two attached hydrogens (primary N) is 1. The average molecular weight is 177 g/mol. The molecule has 0 aliphatic rings. The zero-order chi connectivity index (χ0) is 7.49. The van der Waals surface area contributed by atoms with E-state index in [4.69, 9.17) is 0 Å². The van der Waals surface area contributed by atoms with Gasteiger partial charge in [-0.2, -0.15) is 0 Å². The Balaban J connectivity index is 4.08. The second-order valence-electron chi connectivity index (χ2n) is 1.03. The van der Waals surface area contributed by atoms with E-state index in [1.54, 1.807) is 0 Å². The van der Waals surface area contributed by atoms with Gasteiger partial charge >= 0.3 is 51.3 Å². The van der Waals surface area contributed by atoms with Crippen LogP contribution in [0.3, 0.4) is 0 Å². The van der Waals surface area contributed by atoms with Crippen LogP contribution in [0.5, 0.6) is 0 Å². The van der Waals surface area contributed by atoms with E-state index in [9.17, 15) is 16.3 Å². The first kappa shape index (κ1) is 8.35. The van der Waals surface area contributed by atoms with Crippen molar-refractivity contribution in [1.29, 1.82) is 0 Å². The van der Waals surface area contributed by atoms with Gasteiger partial charge in [0.25, 0.3) is 0 Å². The van der Waals surface area contributed by atoms with Gasteiger partial charge in [0.05, 0.1) is 0 Å². The fraction of sp³-hybridized carbons (Fsp3) is 0.500. The summed E-state index contributed by atoms with van der Waals surface area (Å²) in [6.07, 6.45) is 0. The summed E-state index contributed by atoms with van der Waals surface area (Å²) in [5.41, 5.74) is 4.61. The molecule has 0 amide bonds. The van der Waals surface area contributed by atoms with Gasteiger partial charge < -0.3 is 0 Å². The molecule has 9 heavy (non-hydrogen) atoms. The van der Waals surface area contributed by atoms with Gasteiger partial charge in [-0.1, -0.05) is 0 Å². The molecule has 0 unspecified atom stereocenters. The van der Waals surface area contributed by atoms with E-state index in [0.717, 1.165) is 0 Å². The van der Waals surface area contributed by atoms with Crippen LogP contribution in [0, 0.1) is 0 Å². The minimum absolute atomic E-state index is 0.609. The summed E-state index contributed by atoms with van der Waals surface area (Å²) in [6.45, 7) is -0.609. The third-order valence-electron chi connectivity index (χ3n) is 0.347. The molecule has 0 rings (SSSR count). The third kappa shape index (κ3) is 5.22. The molecular weight excluding hydrogens is 173 g/mol. The zero-order valence-electron chi connectivity index (χ0n) is 4.20. The quantitative estimate of drug-likeness (QED) is 0.519. The van der Waals surface area contributed by atoms with Gasteiger partial charge in [0.2, 0.25) is 0 Å². The molecule has 0 aliphatic carbocycles. The maximum absolute atomic E-state index is 9.92. The predicted molar refractivity (Wildman–Crippen MR) is 17.2 cm³/mol. The molecule has 6 nitrogen and oxygen atoms in total. The molecule has 0 aromatic carbocycles. The molecular formula is C2H4MnNO5. The summed E-state index contributed by atoms with van der Waals surface area (Å²) in [6, 6.07) is 0. The zero-order valence-corrected chi connectivity index (χ0v) is 5.38. The Hall–Kier alpha value is -0.651. The first-order valence-corrected chi connectivity index (χ1v) is 3.71. The number of rotatable bonds is 2. The molecule has 0 aliphatic heterocycles. The van der Waals surface area contributed by atoms with Crippen molar-refractivity contribution < 1.29 is 33.1 Å². The van der Waals surface area contributed by atoms with Crippen molar-refractivity contribution in [2.45, 2.75) is 0 Å². The second-order valence-corrected chi connectivity index (χ2v) is 2.45. The molecule has 0 aromatic heterocycles. The third-order valence-corrected chi connectivity index (χ3v) is 0.911. The van der Waals surface area contributed by atoms with Crippen LogP contribution in [0.2, 0.25) is 0 Å². The fourth-order valence-electron chi connectivity index (χ4n) is 0.137. The fourth-order valence-corrected chi connectivity index (χ4v) is 0.564. The Morgan fingerprint density at radius 2 is 1.89 bits per heavy atom. The van der Waals surface area contributed by atoms with Crippen LogP contribution >= 0.6 is 0 Å². The van der Waals surface area contributed by atoms with Crippen molar-refractivity contribution in [2.75, 3.05) is 6.54 Å². The number of carbonyl (C=O) groups excluding carboxylic acids is 1. The molecule has 0 bridgehead atoms. The number of carbonyl (C=O) groups is 1. The van der Waals surface area contributed by atoms with Crippen molar-refractivity contribution in [3.63, 3.8) is 0 Å². The van der Waals surface area contributed by atoms with Gasteiger partial charge in [0, 0.05) is 0 Å². The van der Waals surface area contributed by atoms with Gasteiger partial charge in [0.1, 0.15) is 0 Å². The van der Waals surface area contributed by atoms with Gasteiger partial charge in [-0.25, -0.2) is 0 Å². The van der Waals surface area contributed by atoms with E-state index in [2.05, 4.69) is 9.55 Å². The van der Waals surface area contributed by atoms with Gasteiger partial charge in [-0.05, 0) is 0 Å². The molecule has 7 heteroatoms. The minimum atomic E-state index is -5.44. The van der Waals surface area contributed by atoms with Gasteiger partial charge in [-0.15, -0.1) is 0 Å². The summed E-state index contributed by atoms with van der Waals surface area (Å²) < 4.78 is 32.1. The van der Waals surface area contributed by atoms with Crippen LogP contribution in [0.4, 0.5) is 0 Å². The van der Waals surface area contributed by atoms with Crippen LogP contribution in [0.1, 0.15) is 0 Å². The first-order valence-electron chi connectivity index (χ1n) is 1.79. The Morgan fingerprint density at radius 3 is 2.00 bits per heavy atom. The van der Waals surface area contributed by atoms with Crippen LogP contribution < -0.4 is 5.73 Å². The molecule has 0 radical (unpaired) electrons. The Bertz CT molecular complexity index is 229. The summed E-state index contributed by atoms with van der Waals surface area (Å²) in [5, 5.41) is 0. The average Bonchev–Trinajstić information content (AvgIpc) is 1.62. The standard InChI is InChI=1S/C2H5NO2.Mn.3O/c3-1-2(4)5;;;;/h1,3H2,(H,4,5);;;;/q;+1;;;/p-1. The Morgan fingerprint density at radius 1 is 1.44 bits per heavy atom. The molecule has 2 N–H and O–H groups in total. The van der Waals surface area contributed by atoms with Crippen molar-refractivity contribution in [3.8, 4) is 0 Å². The molecule has 0 saturated carbocycles. The molecule has 0 aromatic rings.